The summed E-state index contributed by atoms with van der Waals surface area (Å²) >= 11 is 1.62. The number of nitrogens with zero attached hydrogens (tertiary/aromatic N) is 1. The Morgan fingerprint density at radius 2 is 2.20 bits per heavy atom. The summed E-state index contributed by atoms with van der Waals surface area (Å²) in [5.74, 6) is -0.334. The summed E-state index contributed by atoms with van der Waals surface area (Å²) in [5, 5.41) is 4.97. The predicted molar refractivity (Wildman–Crippen MR) is 80.4 cm³/mol. The molecule has 0 atom stereocenters. The van der Waals surface area contributed by atoms with Gasteiger partial charge in [-0.3, -0.25) is 4.79 Å². The molecular weight excluding hydrogens is 275 g/mol. The molecular formula is C15H17FN2OS. The molecule has 0 spiro atoms. The molecule has 0 fully saturated rings. The number of nitrogens with one attached hydrogen (secondary N) is 1. The van der Waals surface area contributed by atoms with Gasteiger partial charge in [-0.25, -0.2) is 4.39 Å². The number of hydrogen-bond acceptors (Lipinski definition) is 3. The van der Waals surface area contributed by atoms with Crippen molar-refractivity contribution in [3.8, 4) is 0 Å². The van der Waals surface area contributed by atoms with E-state index >= 15 is 0 Å². The number of carbonyl (C=O) groups excluding carboxylic acids is 1. The fraction of sp³-hybridized carbons (Fsp3) is 0.267. The lowest BCUT2D eigenvalue weighted by molar-refractivity contribution is -0.128. The van der Waals surface area contributed by atoms with Crippen molar-refractivity contribution in [1.82, 2.24) is 4.90 Å². The molecule has 0 bridgehead atoms. The Balaban J connectivity index is 1.89. The minimum Gasteiger partial charge on any atom is -0.376 e. The Hall–Kier alpha value is -1.88. The molecule has 0 saturated carbocycles. The highest BCUT2D eigenvalue weighted by molar-refractivity contribution is 7.09. The van der Waals surface area contributed by atoms with Crippen LogP contribution in [0.15, 0.2) is 35.7 Å². The Labute approximate surface area is 122 Å². The third-order valence-electron chi connectivity index (χ3n) is 3.03. The van der Waals surface area contributed by atoms with Gasteiger partial charge in [0.2, 0.25) is 5.91 Å². The normalized spacial score (nSPS) is 10.3. The molecule has 1 heterocycles. The lowest BCUT2D eigenvalue weighted by atomic mass is 10.2. The van der Waals surface area contributed by atoms with Crippen LogP contribution in [0.2, 0.25) is 0 Å². The number of hydrogen-bond donors (Lipinski definition) is 1. The molecule has 0 saturated heterocycles. The van der Waals surface area contributed by atoms with Crippen LogP contribution in [-0.4, -0.2) is 24.4 Å². The Morgan fingerprint density at radius 3 is 2.90 bits per heavy atom. The zero-order valence-electron chi connectivity index (χ0n) is 11.5. The van der Waals surface area contributed by atoms with E-state index in [2.05, 4.69) is 5.32 Å². The average molecular weight is 292 g/mol. The molecule has 0 aliphatic rings. The molecule has 2 aromatic rings. The largest absolute Gasteiger partial charge is 0.376 e. The van der Waals surface area contributed by atoms with E-state index in [1.165, 1.54) is 12.1 Å². The van der Waals surface area contributed by atoms with E-state index in [4.69, 9.17) is 0 Å². The second-order valence-corrected chi connectivity index (χ2v) is 5.67. The van der Waals surface area contributed by atoms with Gasteiger partial charge in [-0.2, -0.15) is 0 Å². The molecule has 1 N–H and O–H groups in total. The molecule has 3 nitrogen and oxygen atoms in total. The summed E-state index contributed by atoms with van der Waals surface area (Å²) in [7, 11) is 1.77. The minimum atomic E-state index is -0.308. The average Bonchev–Trinajstić information content (AvgIpc) is 2.92. The predicted octanol–water partition coefficient (Wildman–Crippen LogP) is 3.27. The number of halogens is 1. The summed E-state index contributed by atoms with van der Waals surface area (Å²) in [5.41, 5.74) is 1.57. The first-order valence-corrected chi connectivity index (χ1v) is 7.20. The molecule has 0 aliphatic carbocycles. The van der Waals surface area contributed by atoms with Gasteiger partial charge in [-0.05, 0) is 36.1 Å². The van der Waals surface area contributed by atoms with Crippen molar-refractivity contribution in [1.29, 1.82) is 0 Å². The lowest BCUT2D eigenvalue weighted by Gasteiger charge is -2.17. The topological polar surface area (TPSA) is 32.3 Å². The Kier molecular flexibility index (Phi) is 4.74. The highest BCUT2D eigenvalue weighted by Crippen LogP contribution is 2.16. The third kappa shape index (κ3) is 3.81. The van der Waals surface area contributed by atoms with E-state index in [0.29, 0.717) is 12.2 Å². The van der Waals surface area contributed by atoms with Crippen molar-refractivity contribution < 1.29 is 9.18 Å². The van der Waals surface area contributed by atoms with E-state index in [1.54, 1.807) is 29.4 Å². The van der Waals surface area contributed by atoms with Crippen LogP contribution in [-0.2, 0) is 11.3 Å². The quantitative estimate of drug-likeness (QED) is 0.917. The SMILES string of the molecule is Cc1ccc(F)cc1NCC(=O)N(C)Cc1cccs1. The number of anilines is 1. The third-order valence-corrected chi connectivity index (χ3v) is 3.89. The minimum absolute atomic E-state index is 0.0259. The van der Waals surface area contributed by atoms with Crippen LogP contribution in [0, 0.1) is 12.7 Å². The molecule has 0 radical (unpaired) electrons. The van der Waals surface area contributed by atoms with E-state index in [0.717, 1.165) is 10.4 Å². The zero-order chi connectivity index (χ0) is 14.5. The highest BCUT2D eigenvalue weighted by Gasteiger charge is 2.10. The van der Waals surface area contributed by atoms with E-state index in [1.807, 2.05) is 24.4 Å². The van der Waals surface area contributed by atoms with Gasteiger partial charge in [-0.15, -0.1) is 11.3 Å². The van der Waals surface area contributed by atoms with Gasteiger partial charge >= 0.3 is 0 Å². The molecule has 5 heteroatoms. The van der Waals surface area contributed by atoms with Gasteiger partial charge in [0.25, 0.3) is 0 Å². The molecule has 20 heavy (non-hydrogen) atoms. The van der Waals surface area contributed by atoms with Crippen LogP contribution >= 0.6 is 11.3 Å². The van der Waals surface area contributed by atoms with Crippen LogP contribution in [0.3, 0.4) is 0 Å². The van der Waals surface area contributed by atoms with Crippen LogP contribution in [0.5, 0.6) is 0 Å². The molecule has 0 unspecified atom stereocenters. The molecule has 2 rings (SSSR count). The maximum atomic E-state index is 13.1. The van der Waals surface area contributed by atoms with Gasteiger partial charge in [0, 0.05) is 17.6 Å². The summed E-state index contributed by atoms with van der Waals surface area (Å²) in [6.45, 7) is 2.63. The number of likely N-dealkylation sites (N-methyl/N-ethyl adjacent to an activating group) is 1. The molecule has 106 valence electrons. The highest BCUT2D eigenvalue weighted by atomic mass is 32.1. The van der Waals surface area contributed by atoms with Crippen molar-refractivity contribution in [2.75, 3.05) is 18.9 Å². The molecule has 1 aromatic heterocycles. The number of aryl methyl sites for hydroxylation is 1. The molecule has 1 aromatic carbocycles. The van der Waals surface area contributed by atoms with Crippen molar-refractivity contribution in [2.24, 2.45) is 0 Å². The summed E-state index contributed by atoms with van der Waals surface area (Å²) < 4.78 is 13.1. The van der Waals surface area contributed by atoms with Crippen molar-refractivity contribution in [3.63, 3.8) is 0 Å². The number of carbonyl (C=O) groups is 1. The van der Waals surface area contributed by atoms with Crippen molar-refractivity contribution in [3.05, 3.63) is 52.0 Å². The summed E-state index contributed by atoms with van der Waals surface area (Å²) in [6.07, 6.45) is 0. The first kappa shape index (κ1) is 14.5. The number of thiophene rings is 1. The van der Waals surface area contributed by atoms with Gasteiger partial charge in [0.05, 0.1) is 13.1 Å². The first-order chi connectivity index (χ1) is 9.56. The van der Waals surface area contributed by atoms with E-state index < -0.39 is 0 Å². The smallest absolute Gasteiger partial charge is 0.241 e. The second-order valence-electron chi connectivity index (χ2n) is 4.64. The first-order valence-electron chi connectivity index (χ1n) is 6.32. The standard InChI is InChI=1S/C15H17FN2OS/c1-11-5-6-12(16)8-14(11)17-9-15(19)18(2)10-13-4-3-7-20-13/h3-8,17H,9-10H2,1-2H3. The number of benzene rings is 1. The fourth-order valence-electron chi connectivity index (χ4n) is 1.81. The van der Waals surface area contributed by atoms with Gasteiger partial charge < -0.3 is 10.2 Å². The van der Waals surface area contributed by atoms with Gasteiger partial charge in [0.15, 0.2) is 0 Å². The van der Waals surface area contributed by atoms with Crippen LogP contribution < -0.4 is 5.32 Å². The molecule has 0 aliphatic heterocycles. The van der Waals surface area contributed by atoms with Crippen LogP contribution in [0.4, 0.5) is 10.1 Å². The summed E-state index contributed by atoms with van der Waals surface area (Å²) in [4.78, 5) is 14.8. The lowest BCUT2D eigenvalue weighted by Crippen LogP contribution is -2.31. The van der Waals surface area contributed by atoms with Gasteiger partial charge in [-0.1, -0.05) is 12.1 Å². The number of amides is 1. The monoisotopic (exact) mass is 292 g/mol. The van der Waals surface area contributed by atoms with Gasteiger partial charge in [0.1, 0.15) is 5.82 Å². The van der Waals surface area contributed by atoms with E-state index in [-0.39, 0.29) is 18.3 Å². The van der Waals surface area contributed by atoms with Crippen LogP contribution in [0.25, 0.3) is 0 Å². The Bertz CT molecular complexity index is 584. The summed E-state index contributed by atoms with van der Waals surface area (Å²) in [6, 6.07) is 8.47. The van der Waals surface area contributed by atoms with E-state index in [9.17, 15) is 9.18 Å². The van der Waals surface area contributed by atoms with Crippen molar-refractivity contribution >= 4 is 22.9 Å². The van der Waals surface area contributed by atoms with Crippen LogP contribution in [0.1, 0.15) is 10.4 Å². The Morgan fingerprint density at radius 1 is 1.40 bits per heavy atom. The maximum absolute atomic E-state index is 13.1. The maximum Gasteiger partial charge on any atom is 0.241 e. The number of rotatable bonds is 5. The molecule has 1 amide bonds. The zero-order valence-corrected chi connectivity index (χ0v) is 12.3. The van der Waals surface area contributed by atoms with Crippen molar-refractivity contribution in [2.45, 2.75) is 13.5 Å². The fourth-order valence-corrected chi connectivity index (χ4v) is 2.57. The second kappa shape index (κ2) is 6.52.